The van der Waals surface area contributed by atoms with Gasteiger partial charge in [0, 0.05) is 12.1 Å². The van der Waals surface area contributed by atoms with Crippen molar-refractivity contribution in [3.05, 3.63) is 57.0 Å². The molecule has 0 amide bonds. The number of nitrogens with zero attached hydrogens (tertiary/aromatic N) is 2. The summed E-state index contributed by atoms with van der Waals surface area (Å²) in [5.41, 5.74) is -0.523. The predicted molar refractivity (Wildman–Crippen MR) is 71.7 cm³/mol. The molecule has 3 rings (SSSR count). The normalized spacial score (nSPS) is 11.1. The van der Waals surface area contributed by atoms with Gasteiger partial charge in [-0.15, -0.1) is 0 Å². The van der Waals surface area contributed by atoms with E-state index in [9.17, 15) is 32.1 Å². The van der Waals surface area contributed by atoms with Crippen LogP contribution in [0.3, 0.4) is 0 Å². The molecule has 0 spiro atoms. The van der Waals surface area contributed by atoms with Crippen molar-refractivity contribution in [1.82, 2.24) is 5.16 Å². The second-order valence-electron chi connectivity index (χ2n) is 4.84. The molecule has 0 fully saturated rings. The van der Waals surface area contributed by atoms with Gasteiger partial charge >= 0.3 is 5.69 Å². The van der Waals surface area contributed by atoms with E-state index in [1.165, 1.54) is 6.92 Å². The number of hydrogen-bond donors (Lipinski definition) is 0. The van der Waals surface area contributed by atoms with E-state index in [0.29, 0.717) is 5.69 Å². The Morgan fingerprint density at radius 1 is 1.04 bits per heavy atom. The van der Waals surface area contributed by atoms with Crippen molar-refractivity contribution in [3.63, 3.8) is 0 Å². The number of rotatable bonds is 3. The summed E-state index contributed by atoms with van der Waals surface area (Å²) in [6.07, 6.45) is 0. The molecule has 2 aromatic carbocycles. The van der Waals surface area contributed by atoms with Crippen molar-refractivity contribution >= 4 is 16.7 Å². The van der Waals surface area contributed by atoms with Crippen LogP contribution in [0, 0.1) is 46.1 Å². The second kappa shape index (κ2) is 5.69. The topological polar surface area (TPSA) is 78.4 Å². The van der Waals surface area contributed by atoms with Crippen LogP contribution in [0.4, 0.5) is 27.6 Å². The number of nitro benzene ring substituents is 1. The lowest BCUT2D eigenvalue weighted by molar-refractivity contribution is -0.385. The number of fused-ring (bicyclic) bond motifs is 1. The van der Waals surface area contributed by atoms with Gasteiger partial charge in [-0.3, -0.25) is 10.1 Å². The van der Waals surface area contributed by atoms with Crippen LogP contribution in [0.1, 0.15) is 5.69 Å². The van der Waals surface area contributed by atoms with Gasteiger partial charge < -0.3 is 9.26 Å². The number of ether oxygens (including phenoxy) is 1. The van der Waals surface area contributed by atoms with Crippen LogP contribution in [-0.4, -0.2) is 10.1 Å². The number of aryl methyl sites for hydroxylation is 1. The van der Waals surface area contributed by atoms with Gasteiger partial charge in [0.2, 0.25) is 40.6 Å². The Labute approximate surface area is 134 Å². The first kappa shape index (κ1) is 16.6. The zero-order valence-corrected chi connectivity index (χ0v) is 12.1. The van der Waals surface area contributed by atoms with Crippen LogP contribution in [0.15, 0.2) is 16.7 Å². The average molecular weight is 360 g/mol. The van der Waals surface area contributed by atoms with Gasteiger partial charge in [0.15, 0.2) is 5.58 Å². The fraction of sp³-hybridized carbons (Fsp3) is 0.0714. The quantitative estimate of drug-likeness (QED) is 0.225. The lowest BCUT2D eigenvalue weighted by atomic mass is 10.2. The maximum absolute atomic E-state index is 13.7. The first-order valence-corrected chi connectivity index (χ1v) is 6.46. The van der Waals surface area contributed by atoms with Crippen LogP contribution in [0.25, 0.3) is 11.0 Å². The number of hydrogen-bond acceptors (Lipinski definition) is 5. The molecule has 0 N–H and O–H groups in total. The molecule has 0 atom stereocenters. The molecule has 0 saturated heterocycles. The molecule has 0 aliphatic rings. The fourth-order valence-corrected chi connectivity index (χ4v) is 2.08. The number of aromatic nitrogens is 1. The highest BCUT2D eigenvalue weighted by Gasteiger charge is 2.30. The van der Waals surface area contributed by atoms with Crippen molar-refractivity contribution < 1.29 is 36.1 Å². The van der Waals surface area contributed by atoms with E-state index in [-0.39, 0.29) is 11.0 Å². The average Bonchev–Trinajstić information content (AvgIpc) is 2.94. The molecule has 25 heavy (non-hydrogen) atoms. The smallest absolute Gasteiger partial charge is 0.312 e. The molecule has 11 heteroatoms. The Morgan fingerprint density at radius 2 is 1.60 bits per heavy atom. The van der Waals surface area contributed by atoms with Gasteiger partial charge in [-0.1, -0.05) is 5.16 Å². The molecule has 1 aromatic heterocycles. The van der Waals surface area contributed by atoms with Crippen LogP contribution in [0.5, 0.6) is 11.5 Å². The second-order valence-corrected chi connectivity index (χ2v) is 4.84. The Morgan fingerprint density at radius 3 is 2.16 bits per heavy atom. The summed E-state index contributed by atoms with van der Waals surface area (Å²) in [6, 6.07) is 1.81. The van der Waals surface area contributed by atoms with E-state index < -0.39 is 51.2 Å². The first-order valence-electron chi connectivity index (χ1n) is 6.46. The number of nitro groups is 1. The van der Waals surface area contributed by atoms with Gasteiger partial charge in [-0.05, 0) is 6.92 Å². The van der Waals surface area contributed by atoms with E-state index in [1.54, 1.807) is 0 Å². The number of benzene rings is 2. The number of halogens is 5. The van der Waals surface area contributed by atoms with E-state index in [1.807, 2.05) is 0 Å². The minimum Gasteiger partial charge on any atom is -0.444 e. The van der Waals surface area contributed by atoms with Gasteiger partial charge in [-0.25, -0.2) is 13.2 Å². The summed E-state index contributed by atoms with van der Waals surface area (Å²) in [4.78, 5) is 10.2. The highest BCUT2D eigenvalue weighted by Crippen LogP contribution is 2.39. The zero-order chi connectivity index (χ0) is 18.5. The minimum absolute atomic E-state index is 0.0398. The largest absolute Gasteiger partial charge is 0.444 e. The summed E-state index contributed by atoms with van der Waals surface area (Å²) in [5.74, 6) is -13.8. The van der Waals surface area contributed by atoms with E-state index in [2.05, 4.69) is 9.89 Å². The zero-order valence-electron chi connectivity index (χ0n) is 12.1. The van der Waals surface area contributed by atoms with E-state index in [0.717, 1.165) is 12.1 Å². The van der Waals surface area contributed by atoms with Crippen LogP contribution < -0.4 is 4.74 Å². The van der Waals surface area contributed by atoms with Crippen LogP contribution in [0.2, 0.25) is 0 Å². The fourth-order valence-electron chi connectivity index (χ4n) is 2.08. The van der Waals surface area contributed by atoms with Crippen molar-refractivity contribution in [2.24, 2.45) is 0 Å². The molecular formula is C14H5F5N2O4. The summed E-state index contributed by atoms with van der Waals surface area (Å²) in [5, 5.41) is 14.9. The van der Waals surface area contributed by atoms with Gasteiger partial charge in [0.1, 0.15) is 0 Å². The lowest BCUT2D eigenvalue weighted by Crippen LogP contribution is -2.05. The maximum Gasteiger partial charge on any atom is 0.312 e. The SMILES string of the molecule is Cc1noc2cc(Oc3c(F)c(F)c(F)c(F)c3F)c([N+](=O)[O-])cc12. The Bertz CT molecular complexity index is 1000. The maximum atomic E-state index is 13.7. The highest BCUT2D eigenvalue weighted by molar-refractivity contribution is 5.84. The Kier molecular flexibility index (Phi) is 3.78. The van der Waals surface area contributed by atoms with Crippen LogP contribution >= 0.6 is 0 Å². The van der Waals surface area contributed by atoms with Gasteiger partial charge in [0.25, 0.3) is 0 Å². The Hall–Kier alpha value is -3.24. The molecule has 3 aromatic rings. The summed E-state index contributed by atoms with van der Waals surface area (Å²) >= 11 is 0. The lowest BCUT2D eigenvalue weighted by Gasteiger charge is -2.10. The summed E-state index contributed by atoms with van der Waals surface area (Å²) in [6.45, 7) is 1.49. The molecule has 0 unspecified atom stereocenters. The molecule has 0 saturated carbocycles. The molecule has 0 bridgehead atoms. The van der Waals surface area contributed by atoms with E-state index in [4.69, 9.17) is 4.52 Å². The monoisotopic (exact) mass is 360 g/mol. The molecule has 0 aliphatic heterocycles. The molecule has 0 aliphatic carbocycles. The predicted octanol–water partition coefficient (Wildman–Crippen LogP) is 4.53. The molecule has 0 radical (unpaired) electrons. The van der Waals surface area contributed by atoms with E-state index >= 15 is 0 Å². The molecule has 130 valence electrons. The molecular weight excluding hydrogens is 355 g/mol. The summed E-state index contributed by atoms with van der Waals surface area (Å²) < 4.78 is 76.3. The third-order valence-corrected chi connectivity index (χ3v) is 3.31. The van der Waals surface area contributed by atoms with Gasteiger partial charge in [0.05, 0.1) is 16.0 Å². The van der Waals surface area contributed by atoms with Gasteiger partial charge in [-0.2, -0.15) is 8.78 Å². The molecule has 1 heterocycles. The molecule has 6 nitrogen and oxygen atoms in total. The third-order valence-electron chi connectivity index (χ3n) is 3.31. The Balaban J connectivity index is 2.22. The minimum atomic E-state index is -2.38. The van der Waals surface area contributed by atoms with Crippen molar-refractivity contribution in [1.29, 1.82) is 0 Å². The standard InChI is InChI=1S/C14H5F5N2O4/c1-4-5-2-6(21(22)23)8(3-7(5)25-20-4)24-14-12(18)10(16)9(15)11(17)13(14)19/h2-3H,1H3. The van der Waals surface area contributed by atoms with Crippen molar-refractivity contribution in [3.8, 4) is 11.5 Å². The first-order chi connectivity index (χ1) is 11.7. The summed E-state index contributed by atoms with van der Waals surface area (Å²) in [7, 11) is 0. The van der Waals surface area contributed by atoms with Crippen molar-refractivity contribution in [2.45, 2.75) is 6.92 Å². The van der Waals surface area contributed by atoms with Crippen molar-refractivity contribution in [2.75, 3.05) is 0 Å². The third kappa shape index (κ3) is 2.53. The van der Waals surface area contributed by atoms with Crippen LogP contribution in [-0.2, 0) is 0 Å². The highest BCUT2D eigenvalue weighted by atomic mass is 19.2.